The van der Waals surface area contributed by atoms with E-state index >= 15 is 0 Å². The lowest BCUT2D eigenvalue weighted by Crippen LogP contribution is -2.04. The predicted molar refractivity (Wildman–Crippen MR) is 83.9 cm³/mol. The zero-order valence-corrected chi connectivity index (χ0v) is 12.6. The summed E-state index contributed by atoms with van der Waals surface area (Å²) in [6.07, 6.45) is 0. The number of nitrogen functional groups attached to an aromatic ring is 1. The average molecular weight is 332 g/mol. The Labute approximate surface area is 125 Å². The van der Waals surface area contributed by atoms with Gasteiger partial charge in [-0.05, 0) is 35.9 Å². The van der Waals surface area contributed by atoms with Gasteiger partial charge in [0.1, 0.15) is 5.75 Å². The van der Waals surface area contributed by atoms with E-state index in [-0.39, 0.29) is 0 Å². The highest BCUT2D eigenvalue weighted by molar-refractivity contribution is 9.10. The van der Waals surface area contributed by atoms with Gasteiger partial charge in [-0.3, -0.25) is 0 Å². The molecule has 0 saturated heterocycles. The molecule has 102 valence electrons. The van der Waals surface area contributed by atoms with E-state index in [0.717, 1.165) is 26.8 Å². The van der Waals surface area contributed by atoms with Crippen LogP contribution in [0.5, 0.6) is 5.75 Å². The van der Waals surface area contributed by atoms with E-state index in [1.807, 2.05) is 47.0 Å². The molecule has 0 saturated carbocycles. The van der Waals surface area contributed by atoms with Crippen molar-refractivity contribution >= 4 is 32.9 Å². The van der Waals surface area contributed by atoms with Crippen molar-refractivity contribution < 1.29 is 4.74 Å². The summed E-state index contributed by atoms with van der Waals surface area (Å²) in [5.41, 5.74) is 9.09. The number of halogens is 1. The van der Waals surface area contributed by atoms with Crippen LogP contribution in [-0.4, -0.2) is 16.7 Å². The van der Waals surface area contributed by atoms with E-state index in [4.69, 9.17) is 10.5 Å². The molecular formula is C15H14BrN3O. The lowest BCUT2D eigenvalue weighted by molar-refractivity contribution is 0.414. The molecule has 0 unspecified atom stereocenters. The Bertz CT molecular complexity index is 750. The molecule has 0 aliphatic carbocycles. The molecule has 0 aliphatic rings. The van der Waals surface area contributed by atoms with Crippen LogP contribution >= 0.6 is 15.9 Å². The number of hydrogen-bond acceptors (Lipinski definition) is 3. The molecule has 0 spiro atoms. The van der Waals surface area contributed by atoms with Crippen LogP contribution in [0.3, 0.4) is 0 Å². The minimum Gasteiger partial charge on any atom is -0.497 e. The predicted octanol–water partition coefficient (Wildman–Crippen LogP) is 3.44. The zero-order valence-electron chi connectivity index (χ0n) is 11.0. The number of imidazole rings is 1. The van der Waals surface area contributed by atoms with E-state index < -0.39 is 0 Å². The highest BCUT2D eigenvalue weighted by Crippen LogP contribution is 2.23. The van der Waals surface area contributed by atoms with Crippen molar-refractivity contribution in [1.29, 1.82) is 0 Å². The first-order chi connectivity index (χ1) is 9.67. The topological polar surface area (TPSA) is 53.1 Å². The normalized spacial score (nSPS) is 10.9. The molecule has 0 fully saturated rings. The molecule has 2 aromatic carbocycles. The summed E-state index contributed by atoms with van der Waals surface area (Å²) in [6.45, 7) is 0.688. The standard InChI is InChI=1S/C15H14BrN3O/c1-20-12-5-2-10(3-6-12)9-19-14-7-4-11(16)8-13(14)18-15(19)17/h2-8H,9H2,1H3,(H2,17,18). The number of nitrogens with zero attached hydrogens (tertiary/aromatic N) is 2. The molecule has 1 aromatic heterocycles. The fourth-order valence-corrected chi connectivity index (χ4v) is 2.55. The van der Waals surface area contributed by atoms with Gasteiger partial charge in [0.2, 0.25) is 5.95 Å². The van der Waals surface area contributed by atoms with Crippen LogP contribution in [0.4, 0.5) is 5.95 Å². The molecule has 0 atom stereocenters. The zero-order chi connectivity index (χ0) is 14.1. The van der Waals surface area contributed by atoms with E-state index in [1.54, 1.807) is 7.11 Å². The quantitative estimate of drug-likeness (QED) is 0.799. The van der Waals surface area contributed by atoms with Crippen molar-refractivity contribution in [2.24, 2.45) is 0 Å². The molecule has 3 aromatic rings. The molecule has 1 heterocycles. The van der Waals surface area contributed by atoms with Crippen LogP contribution in [0.2, 0.25) is 0 Å². The lowest BCUT2D eigenvalue weighted by Gasteiger charge is -2.07. The number of benzene rings is 2. The van der Waals surface area contributed by atoms with E-state index in [9.17, 15) is 0 Å². The molecular weight excluding hydrogens is 318 g/mol. The summed E-state index contributed by atoms with van der Waals surface area (Å²) in [4.78, 5) is 4.39. The van der Waals surface area contributed by atoms with Gasteiger partial charge in [0.15, 0.2) is 0 Å². The van der Waals surface area contributed by atoms with Gasteiger partial charge in [0.25, 0.3) is 0 Å². The Kier molecular flexibility index (Phi) is 3.36. The monoisotopic (exact) mass is 331 g/mol. The second-order valence-corrected chi connectivity index (χ2v) is 5.45. The van der Waals surface area contributed by atoms with Gasteiger partial charge >= 0.3 is 0 Å². The van der Waals surface area contributed by atoms with Crippen molar-refractivity contribution in [2.45, 2.75) is 6.54 Å². The first kappa shape index (κ1) is 13.0. The largest absolute Gasteiger partial charge is 0.497 e. The van der Waals surface area contributed by atoms with Crippen LogP contribution in [0.1, 0.15) is 5.56 Å². The number of ether oxygens (including phenoxy) is 1. The van der Waals surface area contributed by atoms with Gasteiger partial charge in [-0.15, -0.1) is 0 Å². The van der Waals surface area contributed by atoms with E-state index in [0.29, 0.717) is 12.5 Å². The van der Waals surface area contributed by atoms with Gasteiger partial charge in [0, 0.05) is 4.47 Å². The molecule has 0 radical (unpaired) electrons. The van der Waals surface area contributed by atoms with Crippen LogP contribution in [0.25, 0.3) is 11.0 Å². The highest BCUT2D eigenvalue weighted by atomic mass is 79.9. The molecule has 0 bridgehead atoms. The Hall–Kier alpha value is -2.01. The van der Waals surface area contributed by atoms with E-state index in [1.165, 1.54) is 0 Å². The van der Waals surface area contributed by atoms with Crippen LogP contribution < -0.4 is 10.5 Å². The summed E-state index contributed by atoms with van der Waals surface area (Å²) in [7, 11) is 1.66. The lowest BCUT2D eigenvalue weighted by atomic mass is 10.2. The minimum absolute atomic E-state index is 0.522. The summed E-state index contributed by atoms with van der Waals surface area (Å²) in [6, 6.07) is 13.9. The van der Waals surface area contributed by atoms with Crippen molar-refractivity contribution in [3.63, 3.8) is 0 Å². The first-order valence-electron chi connectivity index (χ1n) is 6.21. The van der Waals surface area contributed by atoms with Gasteiger partial charge in [-0.25, -0.2) is 4.98 Å². The molecule has 0 amide bonds. The Morgan fingerprint density at radius 3 is 2.65 bits per heavy atom. The molecule has 2 N–H and O–H groups in total. The SMILES string of the molecule is COc1ccc(Cn2c(N)nc3cc(Br)ccc32)cc1. The maximum atomic E-state index is 6.02. The summed E-state index contributed by atoms with van der Waals surface area (Å²) < 4.78 is 8.17. The van der Waals surface area contributed by atoms with Crippen molar-refractivity contribution in [2.75, 3.05) is 12.8 Å². The number of nitrogens with two attached hydrogens (primary N) is 1. The maximum Gasteiger partial charge on any atom is 0.201 e. The smallest absolute Gasteiger partial charge is 0.201 e. The fourth-order valence-electron chi connectivity index (χ4n) is 2.20. The van der Waals surface area contributed by atoms with Gasteiger partial charge in [-0.2, -0.15) is 0 Å². The third-order valence-electron chi connectivity index (χ3n) is 3.24. The van der Waals surface area contributed by atoms with Crippen molar-refractivity contribution in [3.8, 4) is 5.75 Å². The molecule has 5 heteroatoms. The Balaban J connectivity index is 1.99. The molecule has 0 aliphatic heterocycles. The highest BCUT2D eigenvalue weighted by Gasteiger charge is 2.09. The number of hydrogen-bond donors (Lipinski definition) is 1. The number of aromatic nitrogens is 2. The minimum atomic E-state index is 0.522. The maximum absolute atomic E-state index is 6.02. The van der Waals surface area contributed by atoms with Crippen LogP contribution in [0, 0.1) is 0 Å². The molecule has 20 heavy (non-hydrogen) atoms. The molecule has 4 nitrogen and oxygen atoms in total. The van der Waals surface area contributed by atoms with Gasteiger partial charge in [-0.1, -0.05) is 28.1 Å². The van der Waals surface area contributed by atoms with Crippen LogP contribution in [0.15, 0.2) is 46.9 Å². The number of rotatable bonds is 3. The van der Waals surface area contributed by atoms with Gasteiger partial charge < -0.3 is 15.0 Å². The summed E-state index contributed by atoms with van der Waals surface area (Å²) in [5, 5.41) is 0. The van der Waals surface area contributed by atoms with Crippen molar-refractivity contribution in [1.82, 2.24) is 9.55 Å². The third-order valence-corrected chi connectivity index (χ3v) is 3.73. The second kappa shape index (κ2) is 5.17. The number of fused-ring (bicyclic) bond motifs is 1. The van der Waals surface area contributed by atoms with Crippen molar-refractivity contribution in [3.05, 3.63) is 52.5 Å². The Morgan fingerprint density at radius 2 is 1.95 bits per heavy atom. The third kappa shape index (κ3) is 2.36. The summed E-state index contributed by atoms with van der Waals surface area (Å²) in [5.74, 6) is 1.37. The average Bonchev–Trinajstić information content (AvgIpc) is 2.75. The van der Waals surface area contributed by atoms with Gasteiger partial charge in [0.05, 0.1) is 24.7 Å². The first-order valence-corrected chi connectivity index (χ1v) is 7.01. The van der Waals surface area contributed by atoms with E-state index in [2.05, 4.69) is 20.9 Å². The second-order valence-electron chi connectivity index (χ2n) is 4.54. The Morgan fingerprint density at radius 1 is 1.20 bits per heavy atom. The number of methoxy groups -OCH3 is 1. The van der Waals surface area contributed by atoms with Crippen LogP contribution in [-0.2, 0) is 6.54 Å². The summed E-state index contributed by atoms with van der Waals surface area (Å²) >= 11 is 3.44. The molecule has 3 rings (SSSR count). The number of anilines is 1. The fraction of sp³-hybridized carbons (Fsp3) is 0.133.